The normalized spacial score (nSPS) is 16.4. The summed E-state index contributed by atoms with van der Waals surface area (Å²) in [4.78, 5) is 14.6. The van der Waals surface area contributed by atoms with Crippen LogP contribution in [0, 0.1) is 12.8 Å². The van der Waals surface area contributed by atoms with Crippen LogP contribution in [0.25, 0.3) is 0 Å². The molecule has 5 heteroatoms. The number of likely N-dealkylation sites (tertiary alicyclic amines) is 1. The number of aryl methyl sites for hydroxylation is 1. The summed E-state index contributed by atoms with van der Waals surface area (Å²) in [6.07, 6.45) is 3.40. The van der Waals surface area contributed by atoms with Gasteiger partial charge in [-0.15, -0.1) is 0 Å². The molecule has 1 saturated heterocycles. The average Bonchev–Trinajstić information content (AvgIpc) is 3.08. The quantitative estimate of drug-likeness (QED) is 0.921. The van der Waals surface area contributed by atoms with Gasteiger partial charge in [0.15, 0.2) is 0 Å². The molecule has 0 radical (unpaired) electrons. The Balaban J connectivity index is 1.42. The molecule has 0 saturated carbocycles. The Kier molecular flexibility index (Phi) is 5.08. The lowest BCUT2D eigenvalue weighted by atomic mass is 9.95. The lowest BCUT2D eigenvalue weighted by molar-refractivity contribution is -0.126. The van der Waals surface area contributed by atoms with Crippen LogP contribution < -0.4 is 5.32 Å². The van der Waals surface area contributed by atoms with Crippen LogP contribution in [0.4, 0.5) is 0 Å². The number of carbonyl (C=O) groups is 1. The van der Waals surface area contributed by atoms with Gasteiger partial charge in [-0.05, 0) is 38.4 Å². The van der Waals surface area contributed by atoms with E-state index in [-0.39, 0.29) is 11.8 Å². The number of aromatic nitrogens is 1. The highest BCUT2D eigenvalue weighted by Gasteiger charge is 2.25. The molecule has 23 heavy (non-hydrogen) atoms. The average molecular weight is 313 g/mol. The third-order valence-electron chi connectivity index (χ3n) is 4.42. The summed E-state index contributed by atoms with van der Waals surface area (Å²) < 4.78 is 4.86. The third kappa shape index (κ3) is 4.42. The monoisotopic (exact) mass is 313 g/mol. The minimum absolute atomic E-state index is 0.119. The first-order valence-corrected chi connectivity index (χ1v) is 8.15. The van der Waals surface area contributed by atoms with E-state index in [1.165, 1.54) is 5.56 Å². The van der Waals surface area contributed by atoms with Crippen LogP contribution in [0.1, 0.15) is 29.7 Å². The molecule has 0 atom stereocenters. The van der Waals surface area contributed by atoms with Crippen molar-refractivity contribution in [2.24, 2.45) is 5.92 Å². The van der Waals surface area contributed by atoms with E-state index in [0.717, 1.165) is 43.7 Å². The van der Waals surface area contributed by atoms with E-state index in [1.807, 2.05) is 6.07 Å². The first-order valence-electron chi connectivity index (χ1n) is 8.15. The van der Waals surface area contributed by atoms with Crippen molar-refractivity contribution in [1.29, 1.82) is 0 Å². The second-order valence-corrected chi connectivity index (χ2v) is 6.24. The number of hydrogen-bond donors (Lipinski definition) is 1. The minimum Gasteiger partial charge on any atom is -0.364 e. The van der Waals surface area contributed by atoms with Crippen molar-refractivity contribution in [3.8, 4) is 0 Å². The van der Waals surface area contributed by atoms with E-state index in [9.17, 15) is 4.79 Å². The van der Waals surface area contributed by atoms with Crippen LogP contribution in [-0.4, -0.2) is 29.1 Å². The largest absolute Gasteiger partial charge is 0.364 e. The van der Waals surface area contributed by atoms with Gasteiger partial charge in [-0.25, -0.2) is 0 Å². The van der Waals surface area contributed by atoms with Gasteiger partial charge in [0.1, 0.15) is 6.26 Å². The molecule has 2 aromatic rings. The predicted octanol–water partition coefficient (Wildman–Crippen LogP) is 2.51. The Hall–Kier alpha value is -2.14. The van der Waals surface area contributed by atoms with E-state index < -0.39 is 0 Å². The van der Waals surface area contributed by atoms with Gasteiger partial charge in [0, 0.05) is 25.1 Å². The van der Waals surface area contributed by atoms with Gasteiger partial charge in [-0.1, -0.05) is 35.0 Å². The van der Waals surface area contributed by atoms with Crippen LogP contribution in [0.15, 0.2) is 41.1 Å². The van der Waals surface area contributed by atoms with Crippen molar-refractivity contribution in [1.82, 2.24) is 15.4 Å². The highest BCUT2D eigenvalue weighted by molar-refractivity contribution is 5.78. The maximum absolute atomic E-state index is 12.3. The van der Waals surface area contributed by atoms with Crippen molar-refractivity contribution in [2.75, 3.05) is 13.1 Å². The number of nitrogens with zero attached hydrogens (tertiary/aromatic N) is 2. The molecular weight excluding hydrogens is 290 g/mol. The zero-order chi connectivity index (χ0) is 16.1. The summed E-state index contributed by atoms with van der Waals surface area (Å²) in [5, 5.41) is 7.00. The highest BCUT2D eigenvalue weighted by Crippen LogP contribution is 2.19. The minimum atomic E-state index is 0.119. The van der Waals surface area contributed by atoms with Gasteiger partial charge in [0.05, 0.1) is 5.69 Å². The molecule has 0 bridgehead atoms. The van der Waals surface area contributed by atoms with Gasteiger partial charge in [0.2, 0.25) is 5.91 Å². The molecule has 1 aliphatic rings. The second-order valence-electron chi connectivity index (χ2n) is 6.24. The molecule has 0 unspecified atom stereocenters. The van der Waals surface area contributed by atoms with Crippen LogP contribution >= 0.6 is 0 Å². The highest BCUT2D eigenvalue weighted by atomic mass is 16.5. The van der Waals surface area contributed by atoms with E-state index >= 15 is 0 Å². The van der Waals surface area contributed by atoms with Crippen LogP contribution in [-0.2, 0) is 17.9 Å². The number of benzene rings is 1. The molecule has 1 fully saturated rings. The molecule has 1 aromatic carbocycles. The predicted molar refractivity (Wildman–Crippen MR) is 87.5 cm³/mol. The van der Waals surface area contributed by atoms with Crippen molar-refractivity contribution < 1.29 is 9.32 Å². The fourth-order valence-corrected chi connectivity index (χ4v) is 2.94. The molecule has 1 amide bonds. The van der Waals surface area contributed by atoms with E-state index in [0.29, 0.717) is 6.54 Å². The second kappa shape index (κ2) is 7.42. The van der Waals surface area contributed by atoms with Crippen LogP contribution in [0.3, 0.4) is 0 Å². The molecule has 1 aliphatic heterocycles. The summed E-state index contributed by atoms with van der Waals surface area (Å²) in [5.74, 6) is 0.292. The van der Waals surface area contributed by atoms with Crippen molar-refractivity contribution >= 4 is 5.91 Å². The Labute approximate surface area is 136 Å². The zero-order valence-corrected chi connectivity index (χ0v) is 13.5. The van der Waals surface area contributed by atoms with Crippen molar-refractivity contribution in [2.45, 2.75) is 32.9 Å². The van der Waals surface area contributed by atoms with Crippen LogP contribution in [0.2, 0.25) is 0 Å². The Morgan fingerprint density at radius 2 is 2.00 bits per heavy atom. The lowest BCUT2D eigenvalue weighted by Gasteiger charge is -2.30. The molecular formula is C18H23N3O2. The number of carbonyl (C=O) groups excluding carboxylic acids is 1. The topological polar surface area (TPSA) is 58.4 Å². The first-order chi connectivity index (χ1) is 11.2. The Morgan fingerprint density at radius 1 is 1.26 bits per heavy atom. The summed E-state index contributed by atoms with van der Waals surface area (Å²) in [7, 11) is 0. The van der Waals surface area contributed by atoms with E-state index in [1.54, 1.807) is 6.26 Å². The van der Waals surface area contributed by atoms with Gasteiger partial charge in [-0.3, -0.25) is 9.69 Å². The molecule has 1 N–H and O–H groups in total. The summed E-state index contributed by atoms with van der Waals surface area (Å²) in [5.41, 5.74) is 3.33. The van der Waals surface area contributed by atoms with E-state index in [2.05, 4.69) is 46.6 Å². The Bertz CT molecular complexity index is 614. The smallest absolute Gasteiger partial charge is 0.223 e. The Morgan fingerprint density at radius 3 is 2.65 bits per heavy atom. The molecule has 5 nitrogen and oxygen atoms in total. The number of nitrogens with one attached hydrogen (secondary N) is 1. The molecule has 0 spiro atoms. The molecule has 0 aliphatic carbocycles. The molecule has 1 aromatic heterocycles. The number of amides is 1. The fourth-order valence-electron chi connectivity index (χ4n) is 2.94. The van der Waals surface area contributed by atoms with Gasteiger partial charge < -0.3 is 9.84 Å². The molecule has 2 heterocycles. The lowest BCUT2D eigenvalue weighted by Crippen LogP contribution is -2.40. The first kappa shape index (κ1) is 15.7. The summed E-state index contributed by atoms with van der Waals surface area (Å²) in [6, 6.07) is 10.2. The number of rotatable bonds is 5. The van der Waals surface area contributed by atoms with Gasteiger partial charge in [0.25, 0.3) is 0 Å². The van der Waals surface area contributed by atoms with Crippen LogP contribution in [0.5, 0.6) is 0 Å². The van der Waals surface area contributed by atoms with Gasteiger partial charge >= 0.3 is 0 Å². The summed E-state index contributed by atoms with van der Waals surface area (Å²) >= 11 is 0. The SMILES string of the molecule is Cc1ccc(CNC(=O)C2CCN(Cc3ccon3)CC2)cc1. The van der Waals surface area contributed by atoms with Crippen molar-refractivity contribution in [3.63, 3.8) is 0 Å². The zero-order valence-electron chi connectivity index (χ0n) is 13.5. The number of piperidine rings is 1. The fraction of sp³-hybridized carbons (Fsp3) is 0.444. The summed E-state index contributed by atoms with van der Waals surface area (Å²) in [6.45, 7) is 5.33. The third-order valence-corrected chi connectivity index (χ3v) is 4.42. The molecule has 3 rings (SSSR count). The maximum Gasteiger partial charge on any atom is 0.223 e. The standard InChI is InChI=1S/C18H23N3O2/c1-14-2-4-15(5-3-14)12-19-18(22)16-6-9-21(10-7-16)13-17-8-11-23-20-17/h2-5,8,11,16H,6-7,9-10,12-13H2,1H3,(H,19,22). The molecule has 122 valence electrons. The maximum atomic E-state index is 12.3. The van der Waals surface area contributed by atoms with Gasteiger partial charge in [-0.2, -0.15) is 0 Å². The number of hydrogen-bond acceptors (Lipinski definition) is 4. The van der Waals surface area contributed by atoms with Crippen molar-refractivity contribution in [3.05, 3.63) is 53.4 Å². The van der Waals surface area contributed by atoms with E-state index in [4.69, 9.17) is 4.52 Å².